The van der Waals surface area contributed by atoms with Crippen LogP contribution in [0.3, 0.4) is 0 Å². The molecule has 0 saturated carbocycles. The predicted octanol–water partition coefficient (Wildman–Crippen LogP) is 1.57. The molecule has 1 aromatic carbocycles. The van der Waals surface area contributed by atoms with Crippen LogP contribution in [0.25, 0.3) is 0 Å². The number of amides is 2. The number of rotatable bonds is 3. The van der Waals surface area contributed by atoms with Crippen LogP contribution in [0.4, 0.5) is 4.39 Å². The van der Waals surface area contributed by atoms with E-state index in [9.17, 15) is 14.0 Å². The predicted molar refractivity (Wildman–Crippen MR) is 68.2 cm³/mol. The van der Waals surface area contributed by atoms with Crippen LogP contribution in [0.15, 0.2) is 18.2 Å². The highest BCUT2D eigenvalue weighted by Crippen LogP contribution is 2.32. The Morgan fingerprint density at radius 2 is 1.89 bits per heavy atom. The highest BCUT2D eigenvalue weighted by molar-refractivity contribution is 6.05. The third-order valence-corrected chi connectivity index (χ3v) is 3.31. The van der Waals surface area contributed by atoms with Gasteiger partial charge in [0, 0.05) is 13.0 Å². The van der Waals surface area contributed by atoms with Gasteiger partial charge in [0.25, 0.3) is 0 Å². The van der Waals surface area contributed by atoms with E-state index in [0.29, 0.717) is 11.1 Å². The molecule has 0 unspecified atom stereocenters. The van der Waals surface area contributed by atoms with E-state index in [-0.39, 0.29) is 31.3 Å². The maximum Gasteiger partial charge on any atom is 0.235 e. The van der Waals surface area contributed by atoms with Crippen molar-refractivity contribution in [1.29, 1.82) is 0 Å². The molecular weight excluding hydrogens is 247 g/mol. The topological polar surface area (TPSA) is 63.4 Å². The van der Waals surface area contributed by atoms with Crippen molar-refractivity contribution in [1.82, 2.24) is 4.90 Å². The van der Waals surface area contributed by atoms with E-state index in [1.54, 1.807) is 19.9 Å². The molecule has 1 aliphatic rings. The molecule has 0 aliphatic carbocycles. The van der Waals surface area contributed by atoms with Gasteiger partial charge in [-0.3, -0.25) is 14.5 Å². The summed E-state index contributed by atoms with van der Waals surface area (Å²) in [4.78, 5) is 25.1. The van der Waals surface area contributed by atoms with Gasteiger partial charge in [0.2, 0.25) is 11.8 Å². The summed E-state index contributed by atoms with van der Waals surface area (Å²) in [7, 11) is 0. The Balaban J connectivity index is 2.24. The highest BCUT2D eigenvalue weighted by atomic mass is 19.1. The second-order valence-electron chi connectivity index (χ2n) is 5.52. The second-order valence-corrected chi connectivity index (χ2v) is 5.52. The number of imide groups is 1. The van der Waals surface area contributed by atoms with Gasteiger partial charge in [-0.05, 0) is 23.3 Å². The van der Waals surface area contributed by atoms with Crippen LogP contribution in [0, 0.1) is 11.2 Å². The molecule has 0 atom stereocenters. The first-order valence-corrected chi connectivity index (χ1v) is 6.17. The van der Waals surface area contributed by atoms with Gasteiger partial charge in [0.05, 0.1) is 12.0 Å². The first kappa shape index (κ1) is 13.7. The number of likely N-dealkylation sites (tertiary alicyclic amines) is 1. The Bertz CT molecular complexity index is 540. The molecule has 19 heavy (non-hydrogen) atoms. The SMILES string of the molecule is CC1(C)CC(=O)N(Cc2cc(F)cc(CN)c2)C1=O. The maximum atomic E-state index is 13.4. The molecule has 1 fully saturated rings. The lowest BCUT2D eigenvalue weighted by atomic mass is 9.92. The number of hydrogen-bond acceptors (Lipinski definition) is 3. The zero-order chi connectivity index (χ0) is 14.2. The minimum Gasteiger partial charge on any atom is -0.326 e. The van der Waals surface area contributed by atoms with E-state index in [2.05, 4.69) is 0 Å². The zero-order valence-corrected chi connectivity index (χ0v) is 11.1. The van der Waals surface area contributed by atoms with Crippen molar-refractivity contribution in [3.63, 3.8) is 0 Å². The normalized spacial score (nSPS) is 18.2. The van der Waals surface area contributed by atoms with Gasteiger partial charge in [0.15, 0.2) is 0 Å². The van der Waals surface area contributed by atoms with Gasteiger partial charge in [-0.25, -0.2) is 4.39 Å². The van der Waals surface area contributed by atoms with Gasteiger partial charge >= 0.3 is 0 Å². The lowest BCUT2D eigenvalue weighted by molar-refractivity contribution is -0.141. The second kappa shape index (κ2) is 4.74. The number of carbonyl (C=O) groups is 2. The average molecular weight is 264 g/mol. The first-order chi connectivity index (χ1) is 8.83. The molecule has 4 nitrogen and oxygen atoms in total. The fourth-order valence-electron chi connectivity index (χ4n) is 2.30. The molecule has 0 aromatic heterocycles. The molecule has 102 valence electrons. The van der Waals surface area contributed by atoms with Crippen LogP contribution in [0.1, 0.15) is 31.4 Å². The van der Waals surface area contributed by atoms with Crippen LogP contribution in [0.5, 0.6) is 0 Å². The van der Waals surface area contributed by atoms with Gasteiger partial charge in [0.1, 0.15) is 5.82 Å². The van der Waals surface area contributed by atoms with E-state index in [0.717, 1.165) is 0 Å². The number of carbonyl (C=O) groups excluding carboxylic acids is 2. The molecule has 5 heteroatoms. The van der Waals surface area contributed by atoms with Crippen LogP contribution in [-0.2, 0) is 22.7 Å². The number of nitrogens with two attached hydrogens (primary N) is 1. The molecular formula is C14H17FN2O2. The summed E-state index contributed by atoms with van der Waals surface area (Å²) in [5, 5.41) is 0. The number of benzene rings is 1. The van der Waals surface area contributed by atoms with Crippen molar-refractivity contribution >= 4 is 11.8 Å². The zero-order valence-electron chi connectivity index (χ0n) is 11.1. The maximum absolute atomic E-state index is 13.4. The van der Waals surface area contributed by atoms with Crippen LogP contribution < -0.4 is 5.73 Å². The minimum atomic E-state index is -0.666. The summed E-state index contributed by atoms with van der Waals surface area (Å²) in [5.74, 6) is -0.832. The largest absolute Gasteiger partial charge is 0.326 e. The molecule has 0 spiro atoms. The summed E-state index contributed by atoms with van der Waals surface area (Å²) in [6.45, 7) is 3.80. The van der Waals surface area contributed by atoms with E-state index >= 15 is 0 Å². The molecule has 2 amide bonds. The van der Waals surface area contributed by atoms with Crippen molar-refractivity contribution in [3.8, 4) is 0 Å². The van der Waals surface area contributed by atoms with Crippen LogP contribution in [-0.4, -0.2) is 16.7 Å². The van der Waals surface area contributed by atoms with E-state index in [1.807, 2.05) is 0 Å². The van der Waals surface area contributed by atoms with E-state index in [1.165, 1.54) is 17.0 Å². The van der Waals surface area contributed by atoms with Crippen molar-refractivity contribution < 1.29 is 14.0 Å². The fraction of sp³-hybridized carbons (Fsp3) is 0.429. The van der Waals surface area contributed by atoms with Crippen molar-refractivity contribution in [3.05, 3.63) is 35.1 Å². The lowest BCUT2D eigenvalue weighted by Gasteiger charge is -2.18. The molecule has 1 aliphatic heterocycles. The van der Waals surface area contributed by atoms with Crippen molar-refractivity contribution in [2.24, 2.45) is 11.1 Å². The summed E-state index contributed by atoms with van der Waals surface area (Å²) in [6.07, 6.45) is 0.199. The van der Waals surface area contributed by atoms with Crippen LogP contribution >= 0.6 is 0 Å². The quantitative estimate of drug-likeness (QED) is 0.843. The first-order valence-electron chi connectivity index (χ1n) is 6.17. The molecule has 1 aromatic rings. The summed E-state index contributed by atoms with van der Waals surface area (Å²) < 4.78 is 13.4. The summed E-state index contributed by atoms with van der Waals surface area (Å²) >= 11 is 0. The molecule has 0 bridgehead atoms. The van der Waals surface area contributed by atoms with Gasteiger partial charge in [-0.1, -0.05) is 19.9 Å². The highest BCUT2D eigenvalue weighted by Gasteiger charge is 2.44. The standard InChI is InChI=1S/C14H17FN2O2/c1-14(2)6-12(18)17(13(14)19)8-10-3-9(7-16)4-11(15)5-10/h3-5H,6-8,16H2,1-2H3. The van der Waals surface area contributed by atoms with Crippen LogP contribution in [0.2, 0.25) is 0 Å². The molecule has 1 saturated heterocycles. The van der Waals surface area contributed by atoms with Crippen molar-refractivity contribution in [2.75, 3.05) is 0 Å². The molecule has 0 radical (unpaired) electrons. The van der Waals surface area contributed by atoms with Gasteiger partial charge in [-0.15, -0.1) is 0 Å². The monoisotopic (exact) mass is 264 g/mol. The Morgan fingerprint density at radius 1 is 1.26 bits per heavy atom. The number of halogens is 1. The Labute approximate surface area is 111 Å². The molecule has 2 rings (SSSR count). The smallest absolute Gasteiger partial charge is 0.235 e. The van der Waals surface area contributed by atoms with Gasteiger partial charge < -0.3 is 5.73 Å². The van der Waals surface area contributed by atoms with Crippen molar-refractivity contribution in [2.45, 2.75) is 33.4 Å². The molecule has 2 N–H and O–H groups in total. The number of hydrogen-bond donors (Lipinski definition) is 1. The Morgan fingerprint density at radius 3 is 2.42 bits per heavy atom. The van der Waals surface area contributed by atoms with E-state index < -0.39 is 11.2 Å². The minimum absolute atomic E-state index is 0.103. The van der Waals surface area contributed by atoms with E-state index in [4.69, 9.17) is 5.73 Å². The molecule has 1 heterocycles. The summed E-state index contributed by atoms with van der Waals surface area (Å²) in [5.41, 5.74) is 6.04. The number of nitrogens with zero attached hydrogens (tertiary/aromatic N) is 1. The average Bonchev–Trinajstić information content (AvgIpc) is 2.51. The third-order valence-electron chi connectivity index (χ3n) is 3.31. The fourth-order valence-corrected chi connectivity index (χ4v) is 2.30. The Hall–Kier alpha value is -1.75. The third kappa shape index (κ3) is 2.66. The van der Waals surface area contributed by atoms with Gasteiger partial charge in [-0.2, -0.15) is 0 Å². The summed E-state index contributed by atoms with van der Waals surface area (Å²) in [6, 6.07) is 4.39. The Kier molecular flexibility index (Phi) is 3.41. The lowest BCUT2D eigenvalue weighted by Crippen LogP contribution is -2.32.